The smallest absolute Gasteiger partial charge is 0.236 e. The molecule has 1 aromatic carbocycles. The third-order valence-electron chi connectivity index (χ3n) is 3.76. The number of hydrogen-bond donors (Lipinski definition) is 0. The molecule has 2 heterocycles. The first-order chi connectivity index (χ1) is 10.6. The van der Waals surface area contributed by atoms with E-state index in [4.69, 9.17) is 14.3 Å². The number of carbonyl (C=O) groups excluding carboxylic acids is 2. The lowest BCUT2D eigenvalue weighted by atomic mass is 10.1. The molecule has 0 amide bonds. The molecule has 22 heavy (non-hydrogen) atoms. The van der Waals surface area contributed by atoms with E-state index in [1.165, 1.54) is 16.8 Å². The van der Waals surface area contributed by atoms with Gasteiger partial charge in [-0.3, -0.25) is 14.4 Å². The number of carbonyl (C=O) groups is 2. The molecule has 2 fully saturated rings. The summed E-state index contributed by atoms with van der Waals surface area (Å²) >= 11 is 1.40. The van der Waals surface area contributed by atoms with E-state index in [-0.39, 0.29) is 6.61 Å². The van der Waals surface area contributed by atoms with Crippen LogP contribution in [0.4, 0.5) is 0 Å². The summed E-state index contributed by atoms with van der Waals surface area (Å²) in [6.07, 6.45) is 0. The van der Waals surface area contributed by atoms with Crippen LogP contribution < -0.4 is 9.47 Å². The number of thioether (sulfide) groups is 1. The minimum absolute atomic E-state index is 0.0408. The van der Waals surface area contributed by atoms with Gasteiger partial charge in [-0.1, -0.05) is 12.1 Å². The van der Waals surface area contributed by atoms with E-state index in [2.05, 4.69) is 0 Å². The van der Waals surface area contributed by atoms with Gasteiger partial charge in [0.05, 0.1) is 13.7 Å². The SMILES string of the molecule is CCON1C2CSC1(COc1ccccc1OC)C(=O)C2=O. The highest BCUT2D eigenvalue weighted by Gasteiger charge is 2.66. The number of ketones is 2. The van der Waals surface area contributed by atoms with Crippen LogP contribution in [0.15, 0.2) is 24.3 Å². The molecule has 2 atom stereocenters. The van der Waals surface area contributed by atoms with Crippen LogP contribution in [0.1, 0.15) is 6.92 Å². The molecule has 2 unspecified atom stereocenters. The lowest BCUT2D eigenvalue weighted by Gasteiger charge is -2.29. The standard InChI is InChI=1S/C15H17NO5S/c1-3-21-16-10-8-22-15(16,14(18)13(10)17)9-20-12-7-5-4-6-11(12)19-2/h4-7,10H,3,8-9H2,1-2H3. The first-order valence-electron chi connectivity index (χ1n) is 7.04. The van der Waals surface area contributed by atoms with Gasteiger partial charge in [0.25, 0.3) is 0 Å². The number of ether oxygens (including phenoxy) is 2. The summed E-state index contributed by atoms with van der Waals surface area (Å²) < 4.78 is 11.0. The number of Topliss-reactive ketones (excluding diaryl/α,β-unsaturated/α-hetero) is 2. The topological polar surface area (TPSA) is 65.1 Å². The molecule has 6 nitrogen and oxygen atoms in total. The van der Waals surface area contributed by atoms with Gasteiger partial charge in [0.2, 0.25) is 11.6 Å². The Morgan fingerprint density at radius 1 is 1.32 bits per heavy atom. The van der Waals surface area contributed by atoms with Crippen LogP contribution in [0.3, 0.4) is 0 Å². The second kappa shape index (κ2) is 5.91. The minimum atomic E-state index is -1.08. The van der Waals surface area contributed by atoms with E-state index in [0.717, 1.165) is 0 Å². The van der Waals surface area contributed by atoms with Crippen molar-refractivity contribution >= 4 is 23.3 Å². The molecular weight excluding hydrogens is 306 g/mol. The zero-order chi connectivity index (χ0) is 15.7. The normalized spacial score (nSPS) is 27.5. The van der Waals surface area contributed by atoms with Crippen LogP contribution in [0, 0.1) is 0 Å². The maximum atomic E-state index is 12.3. The molecule has 118 valence electrons. The maximum absolute atomic E-state index is 12.3. The summed E-state index contributed by atoms with van der Waals surface area (Å²) in [4.78, 5) is 28.8. The van der Waals surface area contributed by atoms with Crippen molar-refractivity contribution in [3.8, 4) is 11.5 Å². The largest absolute Gasteiger partial charge is 0.493 e. The Hall–Kier alpha value is -1.57. The molecule has 2 saturated heterocycles. The molecule has 2 bridgehead atoms. The highest BCUT2D eigenvalue weighted by molar-refractivity contribution is 8.02. The van der Waals surface area contributed by atoms with Crippen LogP contribution in [0.25, 0.3) is 0 Å². The molecule has 0 N–H and O–H groups in total. The van der Waals surface area contributed by atoms with Crippen molar-refractivity contribution in [2.75, 3.05) is 26.1 Å². The predicted molar refractivity (Wildman–Crippen MR) is 80.9 cm³/mol. The summed E-state index contributed by atoms with van der Waals surface area (Å²) in [5.41, 5.74) is 0. The summed E-state index contributed by atoms with van der Waals surface area (Å²) in [6.45, 7) is 2.26. The van der Waals surface area contributed by atoms with Crippen LogP contribution in [-0.4, -0.2) is 53.6 Å². The number of methoxy groups -OCH3 is 1. The molecular formula is C15H17NO5S. The quantitative estimate of drug-likeness (QED) is 0.731. The van der Waals surface area contributed by atoms with E-state index in [1.54, 1.807) is 19.2 Å². The highest BCUT2D eigenvalue weighted by Crippen LogP contribution is 2.47. The Bertz CT molecular complexity index is 607. The third-order valence-corrected chi connectivity index (χ3v) is 5.20. The van der Waals surface area contributed by atoms with Gasteiger partial charge in [0.1, 0.15) is 12.6 Å². The molecule has 0 radical (unpaired) electrons. The number of hydroxylamine groups is 2. The van der Waals surface area contributed by atoms with E-state index < -0.39 is 22.5 Å². The Labute approximate surface area is 132 Å². The summed E-state index contributed by atoms with van der Waals surface area (Å²) in [7, 11) is 1.55. The maximum Gasteiger partial charge on any atom is 0.236 e. The van der Waals surface area contributed by atoms with Crippen LogP contribution in [-0.2, 0) is 14.4 Å². The van der Waals surface area contributed by atoms with Crippen molar-refractivity contribution in [2.24, 2.45) is 0 Å². The highest BCUT2D eigenvalue weighted by atomic mass is 32.2. The molecule has 1 aromatic rings. The lowest BCUT2D eigenvalue weighted by Crippen LogP contribution is -2.48. The van der Waals surface area contributed by atoms with E-state index in [0.29, 0.717) is 23.9 Å². The monoisotopic (exact) mass is 323 g/mol. The number of benzene rings is 1. The molecule has 7 heteroatoms. The van der Waals surface area contributed by atoms with E-state index in [9.17, 15) is 9.59 Å². The van der Waals surface area contributed by atoms with Crippen LogP contribution in [0.5, 0.6) is 11.5 Å². The van der Waals surface area contributed by atoms with Gasteiger partial charge in [-0.2, -0.15) is 0 Å². The predicted octanol–water partition coefficient (Wildman–Crippen LogP) is 1.29. The Morgan fingerprint density at radius 2 is 2.05 bits per heavy atom. The molecule has 2 aliphatic heterocycles. The van der Waals surface area contributed by atoms with Crippen LogP contribution >= 0.6 is 11.8 Å². The van der Waals surface area contributed by atoms with Gasteiger partial charge in [-0.25, -0.2) is 0 Å². The van der Waals surface area contributed by atoms with Gasteiger partial charge in [-0.05, 0) is 19.1 Å². The second-order valence-electron chi connectivity index (χ2n) is 4.99. The Morgan fingerprint density at radius 3 is 2.73 bits per heavy atom. The fraction of sp³-hybridized carbons (Fsp3) is 0.467. The van der Waals surface area contributed by atoms with Gasteiger partial charge in [-0.15, -0.1) is 16.8 Å². The number of nitrogens with zero attached hydrogens (tertiary/aromatic N) is 1. The second-order valence-corrected chi connectivity index (χ2v) is 6.29. The van der Waals surface area contributed by atoms with Crippen molar-refractivity contribution in [1.29, 1.82) is 0 Å². The molecule has 0 saturated carbocycles. The summed E-state index contributed by atoms with van der Waals surface area (Å²) in [5.74, 6) is 0.818. The molecule has 0 aliphatic carbocycles. The molecule has 3 rings (SSSR count). The number of rotatable bonds is 6. The summed E-state index contributed by atoms with van der Waals surface area (Å²) in [5, 5.41) is 1.51. The van der Waals surface area contributed by atoms with E-state index in [1.807, 2.05) is 19.1 Å². The number of hydrogen-bond acceptors (Lipinski definition) is 7. The van der Waals surface area contributed by atoms with Gasteiger partial charge >= 0.3 is 0 Å². The zero-order valence-electron chi connectivity index (χ0n) is 12.4. The number of fused-ring (bicyclic) bond motifs is 2. The first-order valence-corrected chi connectivity index (χ1v) is 8.03. The van der Waals surface area contributed by atoms with Gasteiger partial charge in [0.15, 0.2) is 16.4 Å². The van der Waals surface area contributed by atoms with E-state index >= 15 is 0 Å². The van der Waals surface area contributed by atoms with Gasteiger partial charge < -0.3 is 9.47 Å². The first kappa shape index (κ1) is 15.3. The zero-order valence-corrected chi connectivity index (χ0v) is 13.2. The van der Waals surface area contributed by atoms with Crippen molar-refractivity contribution in [2.45, 2.75) is 17.8 Å². The van der Waals surface area contributed by atoms with Crippen LogP contribution in [0.2, 0.25) is 0 Å². The lowest BCUT2D eigenvalue weighted by molar-refractivity contribution is -0.193. The Balaban J connectivity index is 1.83. The fourth-order valence-corrected chi connectivity index (χ4v) is 4.11. The van der Waals surface area contributed by atoms with Crippen molar-refractivity contribution in [1.82, 2.24) is 5.06 Å². The van der Waals surface area contributed by atoms with Crippen molar-refractivity contribution < 1.29 is 23.9 Å². The minimum Gasteiger partial charge on any atom is -0.493 e. The Kier molecular flexibility index (Phi) is 4.12. The molecule has 0 aromatic heterocycles. The third kappa shape index (κ3) is 2.20. The average Bonchev–Trinajstić information content (AvgIpc) is 2.99. The fourth-order valence-electron chi connectivity index (χ4n) is 2.71. The summed E-state index contributed by atoms with van der Waals surface area (Å²) in [6, 6.07) is 6.69. The number of para-hydroxylation sites is 2. The van der Waals surface area contributed by atoms with Gasteiger partial charge in [0, 0.05) is 5.75 Å². The van der Waals surface area contributed by atoms with Crippen molar-refractivity contribution in [3.05, 3.63) is 24.3 Å². The molecule has 2 aliphatic rings. The molecule has 0 spiro atoms. The average molecular weight is 323 g/mol. The van der Waals surface area contributed by atoms with Crippen molar-refractivity contribution in [3.63, 3.8) is 0 Å².